The second-order valence-corrected chi connectivity index (χ2v) is 7.95. The summed E-state index contributed by atoms with van der Waals surface area (Å²) < 4.78 is 15.5. The Hall–Kier alpha value is -2.42. The Morgan fingerprint density at radius 3 is 2.18 bits per heavy atom. The monoisotopic (exact) mass is 378 g/mol. The zero-order valence-corrected chi connectivity index (χ0v) is 16.9. The van der Waals surface area contributed by atoms with Crippen LogP contribution in [0.3, 0.4) is 0 Å². The molecular weight excluding hydrogens is 347 g/mol. The summed E-state index contributed by atoms with van der Waals surface area (Å²) in [6, 6.07) is 17.8. The fourth-order valence-corrected chi connectivity index (χ4v) is 4.05. The van der Waals surface area contributed by atoms with E-state index in [1.165, 1.54) is 30.4 Å². The van der Waals surface area contributed by atoms with Crippen LogP contribution >= 0.6 is 0 Å². The number of benzene rings is 2. The van der Waals surface area contributed by atoms with Crippen molar-refractivity contribution in [3.63, 3.8) is 0 Å². The molecular formula is C25H31FN2. The maximum absolute atomic E-state index is 13.3. The molecule has 3 rings (SSSR count). The largest absolute Gasteiger partial charge is 0.337 e. The number of nitrogens with zero attached hydrogens (tertiary/aromatic N) is 2. The third-order valence-corrected chi connectivity index (χ3v) is 5.78. The highest BCUT2D eigenvalue weighted by atomic mass is 19.1. The first-order valence-electron chi connectivity index (χ1n) is 10.4. The summed E-state index contributed by atoms with van der Waals surface area (Å²) in [5.41, 5.74) is 2.82. The summed E-state index contributed by atoms with van der Waals surface area (Å²) in [6.45, 7) is 3.25. The van der Waals surface area contributed by atoms with E-state index in [2.05, 4.69) is 53.0 Å². The van der Waals surface area contributed by atoms with E-state index in [9.17, 15) is 4.39 Å². The molecule has 3 heteroatoms. The van der Waals surface area contributed by atoms with Gasteiger partial charge in [-0.15, -0.1) is 0 Å². The lowest BCUT2D eigenvalue weighted by Gasteiger charge is -2.35. The average Bonchev–Trinajstić information content (AvgIpc) is 3.24. The first-order valence-corrected chi connectivity index (χ1v) is 10.4. The highest BCUT2D eigenvalue weighted by molar-refractivity contribution is 5.17. The molecule has 0 saturated heterocycles. The number of halogens is 1. The van der Waals surface area contributed by atoms with Gasteiger partial charge in [-0.2, -0.15) is 0 Å². The van der Waals surface area contributed by atoms with E-state index < -0.39 is 0 Å². The van der Waals surface area contributed by atoms with Crippen molar-refractivity contribution in [3.8, 4) is 0 Å². The number of unbranched alkanes of at least 4 members (excludes halogenated alkanes) is 1. The van der Waals surface area contributed by atoms with Gasteiger partial charge in [-0.25, -0.2) is 9.37 Å². The van der Waals surface area contributed by atoms with E-state index >= 15 is 0 Å². The average molecular weight is 379 g/mol. The van der Waals surface area contributed by atoms with Gasteiger partial charge < -0.3 is 4.57 Å². The highest BCUT2D eigenvalue weighted by Gasteiger charge is 2.29. The minimum absolute atomic E-state index is 0.163. The maximum atomic E-state index is 13.3. The van der Waals surface area contributed by atoms with Gasteiger partial charge in [0.25, 0.3) is 0 Å². The van der Waals surface area contributed by atoms with Crippen LogP contribution in [-0.4, -0.2) is 9.55 Å². The van der Waals surface area contributed by atoms with E-state index in [1.807, 2.05) is 24.7 Å². The quantitative estimate of drug-likeness (QED) is 0.374. The molecule has 28 heavy (non-hydrogen) atoms. The molecule has 0 aliphatic heterocycles. The van der Waals surface area contributed by atoms with Crippen LogP contribution in [0.1, 0.15) is 50.2 Å². The van der Waals surface area contributed by atoms with Gasteiger partial charge in [-0.05, 0) is 60.8 Å². The molecule has 1 atom stereocenters. The van der Waals surface area contributed by atoms with Crippen LogP contribution in [0.5, 0.6) is 0 Å². The zero-order chi connectivity index (χ0) is 19.7. The minimum atomic E-state index is -0.163. The van der Waals surface area contributed by atoms with Gasteiger partial charge in [0.05, 0.1) is 6.33 Å². The summed E-state index contributed by atoms with van der Waals surface area (Å²) in [7, 11) is 0. The number of aromatic nitrogens is 2. The molecule has 0 aliphatic rings. The number of imidazole rings is 1. The molecule has 2 aromatic carbocycles. The number of aryl methyl sites for hydroxylation is 2. The van der Waals surface area contributed by atoms with E-state index in [1.54, 1.807) is 12.1 Å². The van der Waals surface area contributed by atoms with Gasteiger partial charge in [0.15, 0.2) is 0 Å². The first-order chi connectivity index (χ1) is 13.7. The molecule has 0 N–H and O–H groups in total. The van der Waals surface area contributed by atoms with Crippen LogP contribution in [0, 0.1) is 11.2 Å². The van der Waals surface area contributed by atoms with Crippen molar-refractivity contribution in [1.29, 1.82) is 0 Å². The van der Waals surface area contributed by atoms with Crippen molar-refractivity contribution < 1.29 is 4.39 Å². The lowest BCUT2D eigenvalue weighted by atomic mass is 9.73. The third kappa shape index (κ3) is 6.05. The Kier molecular flexibility index (Phi) is 7.41. The first kappa shape index (κ1) is 20.3. The predicted molar refractivity (Wildman–Crippen MR) is 114 cm³/mol. The van der Waals surface area contributed by atoms with E-state index in [4.69, 9.17) is 0 Å². The zero-order valence-electron chi connectivity index (χ0n) is 16.9. The molecule has 1 aromatic heterocycles. The molecule has 0 saturated carbocycles. The molecule has 3 aromatic rings. The molecule has 2 nitrogen and oxygen atoms in total. The molecule has 1 heterocycles. The SMILES string of the molecule is CCCCC(CCc1ccccc1)(CCc1ccc(F)cc1)Cn1ccnc1. The fourth-order valence-electron chi connectivity index (χ4n) is 4.05. The lowest BCUT2D eigenvalue weighted by Crippen LogP contribution is -2.28. The summed E-state index contributed by atoms with van der Waals surface area (Å²) in [4.78, 5) is 4.25. The smallest absolute Gasteiger partial charge is 0.123 e. The Morgan fingerprint density at radius 2 is 1.57 bits per heavy atom. The van der Waals surface area contributed by atoms with Crippen LogP contribution in [0.2, 0.25) is 0 Å². The molecule has 0 aliphatic carbocycles. The summed E-state index contributed by atoms with van der Waals surface area (Å²) in [6.07, 6.45) is 13.8. The Bertz CT molecular complexity index is 796. The predicted octanol–water partition coefficient (Wildman–Crippen LogP) is 6.46. The fraction of sp³-hybridized carbons (Fsp3) is 0.400. The molecule has 148 valence electrons. The standard InChI is InChI=1S/C25H31FN2/c1-2-3-15-25(20-28-19-18-27-21-28,16-13-22-7-5-4-6-8-22)17-14-23-9-11-24(26)12-10-23/h4-12,18-19,21H,2-3,13-17,20H2,1H3. The second-order valence-electron chi connectivity index (χ2n) is 7.95. The molecule has 0 fully saturated rings. The van der Waals surface area contributed by atoms with Crippen molar-refractivity contribution in [2.75, 3.05) is 0 Å². The van der Waals surface area contributed by atoms with Gasteiger partial charge >= 0.3 is 0 Å². The van der Waals surface area contributed by atoms with Crippen LogP contribution in [0.4, 0.5) is 4.39 Å². The Labute approximate surface area is 168 Å². The lowest BCUT2D eigenvalue weighted by molar-refractivity contribution is 0.176. The van der Waals surface area contributed by atoms with Crippen molar-refractivity contribution in [2.24, 2.45) is 5.41 Å². The highest BCUT2D eigenvalue weighted by Crippen LogP contribution is 2.37. The molecule has 0 spiro atoms. The Morgan fingerprint density at radius 1 is 0.893 bits per heavy atom. The summed E-state index contributed by atoms with van der Waals surface area (Å²) in [5.74, 6) is -0.163. The summed E-state index contributed by atoms with van der Waals surface area (Å²) in [5, 5.41) is 0. The number of rotatable bonds is 11. The second kappa shape index (κ2) is 10.2. The molecule has 1 unspecified atom stereocenters. The van der Waals surface area contributed by atoms with E-state index in [0.29, 0.717) is 0 Å². The van der Waals surface area contributed by atoms with Crippen LogP contribution in [0.25, 0.3) is 0 Å². The van der Waals surface area contributed by atoms with E-state index in [0.717, 1.165) is 32.2 Å². The van der Waals surface area contributed by atoms with Gasteiger partial charge in [-0.1, -0.05) is 62.2 Å². The van der Waals surface area contributed by atoms with Gasteiger partial charge in [0, 0.05) is 18.9 Å². The van der Waals surface area contributed by atoms with Crippen molar-refractivity contribution in [3.05, 3.63) is 90.3 Å². The summed E-state index contributed by atoms with van der Waals surface area (Å²) >= 11 is 0. The van der Waals surface area contributed by atoms with Crippen molar-refractivity contribution in [1.82, 2.24) is 9.55 Å². The topological polar surface area (TPSA) is 17.8 Å². The van der Waals surface area contributed by atoms with Gasteiger partial charge in [0.1, 0.15) is 5.82 Å². The number of hydrogen-bond donors (Lipinski definition) is 0. The molecule has 0 amide bonds. The third-order valence-electron chi connectivity index (χ3n) is 5.78. The normalized spacial score (nSPS) is 13.4. The van der Waals surface area contributed by atoms with Crippen molar-refractivity contribution in [2.45, 2.75) is 58.4 Å². The van der Waals surface area contributed by atoms with E-state index in [-0.39, 0.29) is 11.2 Å². The maximum Gasteiger partial charge on any atom is 0.123 e. The minimum Gasteiger partial charge on any atom is -0.337 e. The van der Waals surface area contributed by atoms with Crippen LogP contribution in [-0.2, 0) is 19.4 Å². The number of hydrogen-bond acceptors (Lipinski definition) is 1. The van der Waals surface area contributed by atoms with Crippen LogP contribution in [0.15, 0.2) is 73.3 Å². The molecule has 0 radical (unpaired) electrons. The van der Waals surface area contributed by atoms with Gasteiger partial charge in [0.2, 0.25) is 0 Å². The molecule has 0 bridgehead atoms. The van der Waals surface area contributed by atoms with Crippen molar-refractivity contribution >= 4 is 0 Å². The Balaban J connectivity index is 1.78. The van der Waals surface area contributed by atoms with Crippen LogP contribution < -0.4 is 0 Å². The van der Waals surface area contributed by atoms with Gasteiger partial charge in [-0.3, -0.25) is 0 Å².